The molecule has 43 heavy (non-hydrogen) atoms. The van der Waals surface area contributed by atoms with Crippen LogP contribution in [-0.4, -0.2) is 32.6 Å². The van der Waals surface area contributed by atoms with Crippen LogP contribution in [0.15, 0.2) is 95.3 Å². The van der Waals surface area contributed by atoms with Crippen LogP contribution in [0.5, 0.6) is 17.2 Å². The fraction of sp³-hybridized carbons (Fsp3) is 0.333. The fourth-order valence-corrected chi connectivity index (χ4v) is 5.90. The summed E-state index contributed by atoms with van der Waals surface area (Å²) in [6.07, 6.45) is 2.62. The first-order chi connectivity index (χ1) is 20.9. The second kappa shape index (κ2) is 13.6. The topological polar surface area (TPSA) is 83.1 Å². The summed E-state index contributed by atoms with van der Waals surface area (Å²) in [5, 5.41) is 3.43. The molecule has 0 saturated heterocycles. The van der Waals surface area contributed by atoms with Crippen molar-refractivity contribution in [1.29, 1.82) is 0 Å². The summed E-state index contributed by atoms with van der Waals surface area (Å²) >= 11 is 0. The Morgan fingerprint density at radius 3 is 2.44 bits per heavy atom. The summed E-state index contributed by atoms with van der Waals surface area (Å²) in [7, 11) is 3.21. The zero-order valence-electron chi connectivity index (χ0n) is 25.3. The smallest absolute Gasteiger partial charge is 0.336 e. The van der Waals surface area contributed by atoms with Gasteiger partial charge in [-0.3, -0.25) is 4.79 Å². The molecule has 0 bridgehead atoms. The van der Waals surface area contributed by atoms with Crippen LogP contribution >= 0.6 is 0 Å². The number of rotatable bonds is 11. The normalized spacial score (nSPS) is 18.1. The number of nitrogens with one attached hydrogen (secondary N) is 1. The first-order valence-corrected chi connectivity index (χ1v) is 14.8. The Bertz CT molecular complexity index is 1540. The maximum absolute atomic E-state index is 14.0. The van der Waals surface area contributed by atoms with Crippen molar-refractivity contribution >= 4 is 11.8 Å². The monoisotopic (exact) mass is 581 g/mol. The molecule has 2 atom stereocenters. The van der Waals surface area contributed by atoms with Crippen molar-refractivity contribution in [3.63, 3.8) is 0 Å². The van der Waals surface area contributed by atoms with Gasteiger partial charge in [0.25, 0.3) is 0 Å². The van der Waals surface area contributed by atoms with E-state index in [1.165, 1.54) is 0 Å². The summed E-state index contributed by atoms with van der Waals surface area (Å²) in [4.78, 5) is 27.6. The van der Waals surface area contributed by atoms with Gasteiger partial charge in [-0.15, -0.1) is 0 Å². The third-order valence-corrected chi connectivity index (χ3v) is 8.10. The molecule has 0 aromatic heterocycles. The van der Waals surface area contributed by atoms with E-state index in [-0.39, 0.29) is 11.7 Å². The maximum atomic E-state index is 14.0. The van der Waals surface area contributed by atoms with Gasteiger partial charge in [0.15, 0.2) is 17.3 Å². The van der Waals surface area contributed by atoms with E-state index in [9.17, 15) is 9.59 Å². The molecule has 3 aromatic carbocycles. The van der Waals surface area contributed by atoms with Crippen molar-refractivity contribution in [2.45, 2.75) is 58.0 Å². The minimum atomic E-state index is -0.565. The molecule has 7 nitrogen and oxygen atoms in total. The maximum Gasteiger partial charge on any atom is 0.336 e. The van der Waals surface area contributed by atoms with Crippen molar-refractivity contribution in [3.05, 3.63) is 112 Å². The summed E-state index contributed by atoms with van der Waals surface area (Å²) in [5.41, 5.74) is 5.48. The lowest BCUT2D eigenvalue weighted by Gasteiger charge is -2.37. The quantitative estimate of drug-likeness (QED) is 0.193. The van der Waals surface area contributed by atoms with E-state index in [0.29, 0.717) is 60.1 Å². The second-order valence-electron chi connectivity index (χ2n) is 11.0. The van der Waals surface area contributed by atoms with Gasteiger partial charge in [-0.25, -0.2) is 4.79 Å². The van der Waals surface area contributed by atoms with Crippen molar-refractivity contribution in [2.75, 3.05) is 20.8 Å². The van der Waals surface area contributed by atoms with E-state index in [2.05, 4.69) is 12.2 Å². The predicted octanol–water partition coefficient (Wildman–Crippen LogP) is 6.99. The molecule has 5 rings (SSSR count). The Morgan fingerprint density at radius 2 is 1.70 bits per heavy atom. The Labute approximate surface area is 253 Å². The zero-order chi connectivity index (χ0) is 30.3. The number of esters is 1. The number of Topliss-reactive ketones (excluding diaryl/α,β-unsaturated/α-hetero) is 1. The summed E-state index contributed by atoms with van der Waals surface area (Å²) in [6, 6.07) is 23.4. The van der Waals surface area contributed by atoms with Crippen molar-refractivity contribution < 1.29 is 28.5 Å². The van der Waals surface area contributed by atoms with Crippen LogP contribution in [0.3, 0.4) is 0 Å². The second-order valence-corrected chi connectivity index (χ2v) is 11.0. The minimum absolute atomic E-state index is 0.000463. The van der Waals surface area contributed by atoms with Crippen molar-refractivity contribution in [1.82, 2.24) is 5.32 Å². The van der Waals surface area contributed by atoms with E-state index in [1.807, 2.05) is 79.7 Å². The average molecular weight is 582 g/mol. The number of dihydropyridines is 1. The van der Waals surface area contributed by atoms with E-state index >= 15 is 0 Å². The molecular weight excluding hydrogens is 542 g/mol. The molecule has 0 spiro atoms. The molecule has 0 saturated carbocycles. The molecule has 7 heteroatoms. The number of carbonyl (C=O) groups excluding carboxylic acids is 2. The molecule has 1 heterocycles. The number of allylic oxidation sites excluding steroid dienone is 3. The SMILES string of the molecule is CCCCOC(=O)C1=C(C)NC2=C(C(=O)C[C@H](c3ccc(OC)c(OC)c3)C2)[C@H]1c1cccc(OCc2ccccc2)c1. The van der Waals surface area contributed by atoms with E-state index < -0.39 is 11.9 Å². The van der Waals surface area contributed by atoms with Gasteiger partial charge >= 0.3 is 5.97 Å². The lowest BCUT2D eigenvalue weighted by atomic mass is 9.71. The molecule has 1 N–H and O–H groups in total. The largest absolute Gasteiger partial charge is 0.493 e. The number of carbonyl (C=O) groups is 2. The van der Waals surface area contributed by atoms with Crippen LogP contribution in [0, 0.1) is 0 Å². The van der Waals surface area contributed by atoms with Gasteiger partial charge in [0.05, 0.1) is 26.4 Å². The fourth-order valence-electron chi connectivity index (χ4n) is 5.90. The zero-order valence-corrected chi connectivity index (χ0v) is 25.3. The van der Waals surface area contributed by atoms with Crippen LogP contribution < -0.4 is 19.5 Å². The Morgan fingerprint density at radius 1 is 0.907 bits per heavy atom. The van der Waals surface area contributed by atoms with Gasteiger partial charge < -0.3 is 24.3 Å². The first-order valence-electron chi connectivity index (χ1n) is 14.8. The highest BCUT2D eigenvalue weighted by molar-refractivity contribution is 6.04. The third-order valence-electron chi connectivity index (χ3n) is 8.10. The highest BCUT2D eigenvalue weighted by Gasteiger charge is 2.41. The number of ketones is 1. The number of unbranched alkanes of at least 4 members (excludes halogenated alkanes) is 1. The standard InChI is InChI=1S/C36H39NO6/c1-5-6-17-42-36(39)33-23(2)37-29-19-27(25-15-16-31(40-3)32(21-25)41-4)20-30(38)35(29)34(33)26-13-10-14-28(18-26)43-22-24-11-8-7-9-12-24/h7-16,18,21,27,34,37H,5-6,17,19-20,22H2,1-4H3/t27-,34+/m1/s1. The van der Waals surface area contributed by atoms with E-state index in [1.54, 1.807) is 14.2 Å². The van der Waals surface area contributed by atoms with Crippen LogP contribution in [0.1, 0.15) is 68.1 Å². The van der Waals surface area contributed by atoms with Crippen LogP contribution in [0.25, 0.3) is 0 Å². The molecule has 3 aromatic rings. The molecule has 0 fully saturated rings. The molecule has 2 aliphatic rings. The summed E-state index contributed by atoms with van der Waals surface area (Å²) < 4.78 is 22.8. The lowest BCUT2D eigenvalue weighted by molar-refractivity contribution is -0.139. The van der Waals surface area contributed by atoms with Crippen LogP contribution in [-0.2, 0) is 20.9 Å². The van der Waals surface area contributed by atoms with Gasteiger partial charge in [0.1, 0.15) is 12.4 Å². The summed E-state index contributed by atoms with van der Waals surface area (Å²) in [5.74, 6) is 0.923. The Hall–Kier alpha value is -4.52. The molecule has 0 amide bonds. The van der Waals surface area contributed by atoms with Gasteiger partial charge in [-0.2, -0.15) is 0 Å². The highest BCUT2D eigenvalue weighted by Crippen LogP contribution is 2.47. The molecule has 224 valence electrons. The first kappa shape index (κ1) is 30.0. The molecule has 1 aliphatic carbocycles. The van der Waals surface area contributed by atoms with Crippen molar-refractivity contribution in [3.8, 4) is 17.2 Å². The van der Waals surface area contributed by atoms with Crippen LogP contribution in [0.2, 0.25) is 0 Å². The van der Waals surface area contributed by atoms with Crippen LogP contribution in [0.4, 0.5) is 0 Å². The van der Waals surface area contributed by atoms with Gasteiger partial charge in [0.2, 0.25) is 0 Å². The van der Waals surface area contributed by atoms with Gasteiger partial charge in [-0.1, -0.05) is 61.9 Å². The number of methoxy groups -OCH3 is 2. The Kier molecular flexibility index (Phi) is 9.50. The highest BCUT2D eigenvalue weighted by atomic mass is 16.5. The lowest BCUT2D eigenvalue weighted by Crippen LogP contribution is -2.36. The minimum Gasteiger partial charge on any atom is -0.493 e. The molecular formula is C36H39NO6. The molecule has 0 unspecified atom stereocenters. The van der Waals surface area contributed by atoms with Gasteiger partial charge in [0, 0.05) is 29.3 Å². The van der Waals surface area contributed by atoms with Gasteiger partial charge in [-0.05, 0) is 66.6 Å². The Balaban J connectivity index is 1.50. The molecule has 0 radical (unpaired) electrons. The number of hydrogen-bond acceptors (Lipinski definition) is 7. The summed E-state index contributed by atoms with van der Waals surface area (Å²) in [6.45, 7) is 4.68. The predicted molar refractivity (Wildman–Crippen MR) is 165 cm³/mol. The van der Waals surface area contributed by atoms with Crippen molar-refractivity contribution in [2.24, 2.45) is 0 Å². The number of hydrogen-bond donors (Lipinski definition) is 1. The van der Waals surface area contributed by atoms with E-state index in [4.69, 9.17) is 18.9 Å². The number of ether oxygens (including phenoxy) is 4. The molecule has 1 aliphatic heterocycles. The number of benzene rings is 3. The van der Waals surface area contributed by atoms with E-state index in [0.717, 1.165) is 35.2 Å². The third kappa shape index (κ3) is 6.61. The average Bonchev–Trinajstić information content (AvgIpc) is 3.03.